The lowest BCUT2D eigenvalue weighted by Crippen LogP contribution is -2.32. The van der Waals surface area contributed by atoms with Crippen LogP contribution in [0.5, 0.6) is 5.88 Å². The van der Waals surface area contributed by atoms with Gasteiger partial charge in [-0.3, -0.25) is 4.79 Å². The first-order valence-electron chi connectivity index (χ1n) is 10.9. The van der Waals surface area contributed by atoms with E-state index < -0.39 is 0 Å². The first-order valence-corrected chi connectivity index (χ1v) is 10.9. The van der Waals surface area contributed by atoms with Gasteiger partial charge in [0.15, 0.2) is 11.2 Å². The van der Waals surface area contributed by atoms with Gasteiger partial charge in [-0.25, -0.2) is 19.9 Å². The summed E-state index contributed by atoms with van der Waals surface area (Å²) in [5.41, 5.74) is 2.16. The van der Waals surface area contributed by atoms with Crippen LogP contribution in [-0.2, 0) is 11.3 Å². The molecule has 1 aliphatic carbocycles. The van der Waals surface area contributed by atoms with E-state index in [0.29, 0.717) is 42.1 Å². The normalized spacial score (nSPS) is 25.2. The molecule has 4 heterocycles. The Hall–Kier alpha value is -3.10. The summed E-state index contributed by atoms with van der Waals surface area (Å²) in [7, 11) is 0. The molecule has 9 heteroatoms. The molecule has 0 bridgehead atoms. The molecule has 2 fully saturated rings. The molecule has 0 unspecified atom stereocenters. The molecular formula is C22H27N7O2. The molecule has 162 valence electrons. The summed E-state index contributed by atoms with van der Waals surface area (Å²) in [6.07, 6.45) is 5.74. The number of aromatic nitrogens is 6. The number of carbonyl (C=O) groups excluding carboxylic acids is 1. The molecule has 0 N–H and O–H groups in total. The number of hydrogen-bond acceptors (Lipinski definition) is 7. The Morgan fingerprint density at radius 3 is 2.58 bits per heavy atom. The van der Waals surface area contributed by atoms with Gasteiger partial charge in [0.25, 0.3) is 0 Å². The fraction of sp³-hybridized carbons (Fsp3) is 0.545. The van der Waals surface area contributed by atoms with Gasteiger partial charge in [0, 0.05) is 37.8 Å². The zero-order chi connectivity index (χ0) is 21.7. The largest absolute Gasteiger partial charge is 0.471 e. The molecule has 0 spiro atoms. The van der Waals surface area contributed by atoms with Crippen LogP contribution in [-0.4, -0.2) is 59.5 Å². The van der Waals surface area contributed by atoms with E-state index >= 15 is 0 Å². The second kappa shape index (κ2) is 7.55. The number of amides is 1. The van der Waals surface area contributed by atoms with E-state index in [9.17, 15) is 4.79 Å². The lowest BCUT2D eigenvalue weighted by atomic mass is 10.3. The molecule has 1 saturated carbocycles. The average molecular weight is 422 g/mol. The fourth-order valence-electron chi connectivity index (χ4n) is 4.54. The van der Waals surface area contributed by atoms with Crippen molar-refractivity contribution in [2.45, 2.75) is 46.8 Å². The first-order chi connectivity index (χ1) is 15.0. The Morgan fingerprint density at radius 2 is 1.90 bits per heavy atom. The van der Waals surface area contributed by atoms with E-state index in [2.05, 4.69) is 33.8 Å². The third kappa shape index (κ3) is 3.41. The van der Waals surface area contributed by atoms with Crippen molar-refractivity contribution < 1.29 is 9.53 Å². The molecule has 0 radical (unpaired) electrons. The maximum atomic E-state index is 12.7. The van der Waals surface area contributed by atoms with Crippen molar-refractivity contribution in [1.29, 1.82) is 0 Å². The Morgan fingerprint density at radius 1 is 1.16 bits per heavy atom. The highest BCUT2D eigenvalue weighted by Crippen LogP contribution is 2.46. The highest BCUT2D eigenvalue weighted by Gasteiger charge is 2.50. The van der Waals surface area contributed by atoms with Crippen LogP contribution in [0, 0.1) is 24.7 Å². The number of rotatable bonds is 5. The van der Waals surface area contributed by atoms with Crippen LogP contribution in [0.25, 0.3) is 22.6 Å². The monoisotopic (exact) mass is 421 g/mol. The van der Waals surface area contributed by atoms with Gasteiger partial charge in [0.05, 0.1) is 12.1 Å². The van der Waals surface area contributed by atoms with Gasteiger partial charge in [-0.1, -0.05) is 13.8 Å². The standard InChI is InChI=1S/C22H27N7O2/c1-5-29-19(15-8-23-14(4)24-9-15)27-18-20(29)25-11-26-21(18)31-16-6-7-28(10-16)22(30)17-12(2)13(17)3/h8-9,11-13,16-17H,5-7,10H2,1-4H3/t12-,13-,16-/m0/s1. The van der Waals surface area contributed by atoms with E-state index in [1.54, 1.807) is 12.4 Å². The lowest BCUT2D eigenvalue weighted by Gasteiger charge is -2.17. The van der Waals surface area contributed by atoms with E-state index in [0.717, 1.165) is 30.0 Å². The maximum absolute atomic E-state index is 12.7. The van der Waals surface area contributed by atoms with Gasteiger partial charge in [0.2, 0.25) is 11.8 Å². The zero-order valence-corrected chi connectivity index (χ0v) is 18.3. The van der Waals surface area contributed by atoms with Gasteiger partial charge in [-0.05, 0) is 25.7 Å². The SMILES string of the molecule is CCn1c(-c2cnc(C)nc2)nc2c(O[C@H]3CCN(C(=O)C4[C@@H](C)[C@@H]4C)C3)ncnc21. The number of hydrogen-bond donors (Lipinski definition) is 0. The minimum atomic E-state index is -0.0932. The Kier molecular flexibility index (Phi) is 4.83. The van der Waals surface area contributed by atoms with E-state index in [1.165, 1.54) is 6.33 Å². The van der Waals surface area contributed by atoms with Crippen molar-refractivity contribution in [1.82, 2.24) is 34.4 Å². The summed E-state index contributed by atoms with van der Waals surface area (Å²) in [6, 6.07) is 0. The summed E-state index contributed by atoms with van der Waals surface area (Å²) in [4.78, 5) is 36.8. The number of imidazole rings is 1. The smallest absolute Gasteiger partial charge is 0.245 e. The predicted molar refractivity (Wildman–Crippen MR) is 114 cm³/mol. The van der Waals surface area contributed by atoms with Gasteiger partial charge in [-0.15, -0.1) is 0 Å². The molecular weight excluding hydrogens is 394 g/mol. The molecule has 9 nitrogen and oxygen atoms in total. The maximum Gasteiger partial charge on any atom is 0.245 e. The molecule has 2 aliphatic rings. The average Bonchev–Trinajstić information content (AvgIpc) is 3.14. The second-order valence-corrected chi connectivity index (χ2v) is 8.61. The van der Waals surface area contributed by atoms with Gasteiger partial charge >= 0.3 is 0 Å². The summed E-state index contributed by atoms with van der Waals surface area (Å²) in [5.74, 6) is 3.30. The Balaban J connectivity index is 1.39. The minimum Gasteiger partial charge on any atom is -0.471 e. The highest BCUT2D eigenvalue weighted by molar-refractivity contribution is 5.83. The first kappa shape index (κ1) is 19.8. The molecule has 0 aromatic carbocycles. The van der Waals surface area contributed by atoms with E-state index in [1.807, 2.05) is 23.3 Å². The number of carbonyl (C=O) groups is 1. The zero-order valence-electron chi connectivity index (χ0n) is 18.3. The lowest BCUT2D eigenvalue weighted by molar-refractivity contribution is -0.132. The van der Waals surface area contributed by atoms with Crippen molar-refractivity contribution in [3.63, 3.8) is 0 Å². The fourth-order valence-corrected chi connectivity index (χ4v) is 4.54. The quantitative estimate of drug-likeness (QED) is 0.624. The van der Waals surface area contributed by atoms with Crippen LogP contribution in [0.1, 0.15) is 33.0 Å². The third-order valence-electron chi connectivity index (χ3n) is 6.70. The van der Waals surface area contributed by atoms with Crippen LogP contribution >= 0.6 is 0 Å². The van der Waals surface area contributed by atoms with Crippen LogP contribution in [0.4, 0.5) is 0 Å². The van der Waals surface area contributed by atoms with Crippen molar-refractivity contribution in [2.75, 3.05) is 13.1 Å². The number of likely N-dealkylation sites (tertiary alicyclic amines) is 1. The van der Waals surface area contributed by atoms with Gasteiger partial charge in [0.1, 0.15) is 24.1 Å². The molecule has 1 saturated heterocycles. The topological polar surface area (TPSA) is 98.9 Å². The van der Waals surface area contributed by atoms with Crippen molar-refractivity contribution in [3.8, 4) is 17.3 Å². The minimum absolute atomic E-state index is 0.0932. The summed E-state index contributed by atoms with van der Waals surface area (Å²) in [5, 5.41) is 0. The number of aryl methyl sites for hydroxylation is 2. The highest BCUT2D eigenvalue weighted by atomic mass is 16.5. The van der Waals surface area contributed by atoms with Crippen LogP contribution < -0.4 is 4.74 Å². The Labute approximate surface area is 180 Å². The summed E-state index contributed by atoms with van der Waals surface area (Å²) >= 11 is 0. The van der Waals surface area contributed by atoms with Crippen LogP contribution in [0.2, 0.25) is 0 Å². The van der Waals surface area contributed by atoms with Crippen molar-refractivity contribution in [2.24, 2.45) is 17.8 Å². The molecule has 5 rings (SSSR count). The van der Waals surface area contributed by atoms with Crippen molar-refractivity contribution in [3.05, 3.63) is 24.5 Å². The second-order valence-electron chi connectivity index (χ2n) is 8.61. The molecule has 1 aliphatic heterocycles. The molecule has 3 aromatic rings. The summed E-state index contributed by atoms with van der Waals surface area (Å²) < 4.78 is 8.25. The van der Waals surface area contributed by atoms with E-state index in [4.69, 9.17) is 9.72 Å². The predicted octanol–water partition coefficient (Wildman–Crippen LogP) is 2.49. The number of fused-ring (bicyclic) bond motifs is 1. The molecule has 31 heavy (non-hydrogen) atoms. The van der Waals surface area contributed by atoms with Crippen LogP contribution in [0.3, 0.4) is 0 Å². The molecule has 1 amide bonds. The Bertz CT molecular complexity index is 1120. The molecule has 3 aromatic heterocycles. The van der Waals surface area contributed by atoms with Gasteiger partial charge in [-0.2, -0.15) is 4.98 Å². The number of nitrogens with zero attached hydrogens (tertiary/aromatic N) is 7. The third-order valence-corrected chi connectivity index (χ3v) is 6.70. The summed E-state index contributed by atoms with van der Waals surface area (Å²) in [6.45, 7) is 10.2. The van der Waals surface area contributed by atoms with E-state index in [-0.39, 0.29) is 17.9 Å². The van der Waals surface area contributed by atoms with Crippen molar-refractivity contribution >= 4 is 17.1 Å². The van der Waals surface area contributed by atoms with Crippen LogP contribution in [0.15, 0.2) is 18.7 Å². The number of ether oxygens (including phenoxy) is 1. The van der Waals surface area contributed by atoms with Gasteiger partial charge < -0.3 is 14.2 Å². The molecule has 3 atom stereocenters.